The van der Waals surface area contributed by atoms with Gasteiger partial charge in [0, 0.05) is 17.7 Å². The molecule has 2 aromatic rings. The largest absolute Gasteiger partial charge is 0.454 e. The number of hydrogen-bond donors (Lipinski definition) is 0. The zero-order chi connectivity index (χ0) is 19.0. The summed E-state index contributed by atoms with van der Waals surface area (Å²) in [5, 5.41) is 3.95. The van der Waals surface area contributed by atoms with Gasteiger partial charge in [0.25, 0.3) is 5.89 Å². The fourth-order valence-corrected chi connectivity index (χ4v) is 4.96. The zero-order valence-corrected chi connectivity index (χ0v) is 16.1. The molecule has 0 unspecified atom stereocenters. The maximum atomic E-state index is 12.5. The second kappa shape index (κ2) is 6.99. The third-order valence-electron chi connectivity index (χ3n) is 5.14. The summed E-state index contributed by atoms with van der Waals surface area (Å²) in [6, 6.07) is 7.38. The number of ether oxygens (including phenoxy) is 1. The van der Waals surface area contributed by atoms with Crippen molar-refractivity contribution in [3.8, 4) is 11.4 Å². The van der Waals surface area contributed by atoms with E-state index in [0.29, 0.717) is 18.0 Å². The third kappa shape index (κ3) is 3.34. The highest BCUT2D eigenvalue weighted by Crippen LogP contribution is 2.47. The Kier molecular flexibility index (Phi) is 4.67. The first kappa shape index (κ1) is 18.0. The molecule has 0 radical (unpaired) electrons. The van der Waals surface area contributed by atoms with Crippen LogP contribution in [-0.4, -0.2) is 43.6 Å². The lowest BCUT2D eigenvalue weighted by molar-refractivity contribution is -0.155. The predicted molar refractivity (Wildman–Crippen MR) is 99.6 cm³/mol. The number of benzene rings is 1. The Balaban J connectivity index is 1.38. The van der Waals surface area contributed by atoms with Crippen LogP contribution in [-0.2, 0) is 27.4 Å². The fourth-order valence-electron chi connectivity index (χ4n) is 3.54. The number of thioether (sulfide) groups is 1. The molecule has 7 nitrogen and oxygen atoms in total. The summed E-state index contributed by atoms with van der Waals surface area (Å²) in [6.45, 7) is 4.00. The number of carbonyl (C=O) groups excluding carboxylic acids is 2. The number of carbonyl (C=O) groups is 2. The van der Waals surface area contributed by atoms with Gasteiger partial charge >= 0.3 is 5.97 Å². The van der Waals surface area contributed by atoms with Crippen LogP contribution in [0.3, 0.4) is 0 Å². The van der Waals surface area contributed by atoms with E-state index >= 15 is 0 Å². The lowest BCUT2D eigenvalue weighted by Crippen LogP contribution is -2.46. The van der Waals surface area contributed by atoms with Crippen LogP contribution in [0.2, 0.25) is 0 Å². The molecule has 0 bridgehead atoms. The molecule has 2 aliphatic heterocycles. The summed E-state index contributed by atoms with van der Waals surface area (Å²) < 4.78 is 10.5. The average Bonchev–Trinajstić information content (AvgIpc) is 3.36. The Bertz CT molecular complexity index is 866. The molecule has 2 atom stereocenters. The van der Waals surface area contributed by atoms with Crippen LogP contribution in [0.25, 0.3) is 11.4 Å². The maximum Gasteiger partial charge on any atom is 0.330 e. The van der Waals surface area contributed by atoms with Crippen LogP contribution < -0.4 is 0 Å². The van der Waals surface area contributed by atoms with Crippen LogP contribution in [0.4, 0.5) is 0 Å². The number of esters is 1. The van der Waals surface area contributed by atoms with Crippen molar-refractivity contribution in [3.63, 3.8) is 0 Å². The topological polar surface area (TPSA) is 85.5 Å². The van der Waals surface area contributed by atoms with Gasteiger partial charge in [0.1, 0.15) is 6.04 Å². The Morgan fingerprint density at radius 2 is 2.19 bits per heavy atom. The molecule has 0 saturated carbocycles. The number of amides is 1. The molecule has 2 saturated heterocycles. The summed E-state index contributed by atoms with van der Waals surface area (Å²) >= 11 is 1.63. The van der Waals surface area contributed by atoms with E-state index in [1.165, 1.54) is 5.56 Å². The molecule has 1 aromatic carbocycles. The smallest absolute Gasteiger partial charge is 0.330 e. The maximum absolute atomic E-state index is 12.5. The number of aryl methyl sites for hydroxylation is 1. The van der Waals surface area contributed by atoms with Gasteiger partial charge in [0.05, 0.1) is 4.87 Å². The standard InChI is InChI=1S/C19H21N3O4S/c1-3-12-4-6-13(7-5-12)17-20-15(26-21-17)10-25-18(24)14-11-27-19(2)9-8-16(23)22(14)19/h4-7,14H,3,8-11H2,1-2H3/t14-,19-/m1/s1. The molecule has 0 spiro atoms. The van der Waals surface area contributed by atoms with E-state index in [4.69, 9.17) is 9.26 Å². The fraction of sp³-hybridized carbons (Fsp3) is 0.474. The van der Waals surface area contributed by atoms with Gasteiger partial charge in [-0.25, -0.2) is 4.79 Å². The lowest BCUT2D eigenvalue weighted by Gasteiger charge is -2.29. The molecule has 3 heterocycles. The molecule has 2 fully saturated rings. The van der Waals surface area contributed by atoms with E-state index in [1.54, 1.807) is 16.7 Å². The van der Waals surface area contributed by atoms with E-state index in [9.17, 15) is 9.59 Å². The van der Waals surface area contributed by atoms with Gasteiger partial charge < -0.3 is 14.2 Å². The highest BCUT2D eigenvalue weighted by atomic mass is 32.2. The van der Waals surface area contributed by atoms with Gasteiger partial charge in [-0.3, -0.25) is 4.79 Å². The van der Waals surface area contributed by atoms with Crippen molar-refractivity contribution in [1.29, 1.82) is 0 Å². The van der Waals surface area contributed by atoms with Crippen LogP contribution in [0.15, 0.2) is 28.8 Å². The summed E-state index contributed by atoms with van der Waals surface area (Å²) in [7, 11) is 0. The summed E-state index contributed by atoms with van der Waals surface area (Å²) in [5.74, 6) is 0.843. The first-order valence-corrected chi connectivity index (χ1v) is 10.0. The SMILES string of the molecule is CCc1ccc(-c2noc(COC(=O)[C@H]3CS[C@]4(C)CCC(=O)N34)n2)cc1. The minimum atomic E-state index is -0.543. The molecule has 4 rings (SSSR count). The van der Waals surface area contributed by atoms with Crippen molar-refractivity contribution < 1.29 is 18.8 Å². The van der Waals surface area contributed by atoms with Gasteiger partial charge in [-0.1, -0.05) is 36.3 Å². The highest BCUT2D eigenvalue weighted by Gasteiger charge is 2.53. The Labute approximate surface area is 161 Å². The van der Waals surface area contributed by atoms with Crippen molar-refractivity contribution in [2.75, 3.05) is 5.75 Å². The molecular formula is C19H21N3O4S. The molecule has 1 aromatic heterocycles. The van der Waals surface area contributed by atoms with E-state index in [2.05, 4.69) is 17.1 Å². The number of fused-ring (bicyclic) bond motifs is 1. The van der Waals surface area contributed by atoms with Crippen molar-refractivity contribution >= 4 is 23.6 Å². The van der Waals surface area contributed by atoms with Gasteiger partial charge in [0.15, 0.2) is 6.61 Å². The summed E-state index contributed by atoms with van der Waals surface area (Å²) in [4.78, 5) is 30.3. The Morgan fingerprint density at radius 3 is 2.93 bits per heavy atom. The Hall–Kier alpha value is -2.35. The van der Waals surface area contributed by atoms with Crippen LogP contribution in [0.5, 0.6) is 0 Å². The van der Waals surface area contributed by atoms with Crippen molar-refractivity contribution in [2.24, 2.45) is 0 Å². The lowest BCUT2D eigenvalue weighted by atomic mass is 10.1. The molecule has 8 heteroatoms. The number of aromatic nitrogens is 2. The Morgan fingerprint density at radius 1 is 1.41 bits per heavy atom. The second-order valence-electron chi connectivity index (χ2n) is 6.94. The molecule has 0 aliphatic carbocycles. The molecule has 27 heavy (non-hydrogen) atoms. The van der Waals surface area contributed by atoms with Crippen LogP contribution in [0.1, 0.15) is 38.1 Å². The monoisotopic (exact) mass is 387 g/mol. The third-order valence-corrected chi connectivity index (χ3v) is 6.65. The van der Waals surface area contributed by atoms with Crippen LogP contribution >= 0.6 is 11.8 Å². The van der Waals surface area contributed by atoms with Gasteiger partial charge in [0.2, 0.25) is 11.7 Å². The van der Waals surface area contributed by atoms with E-state index < -0.39 is 12.0 Å². The molecule has 1 amide bonds. The van der Waals surface area contributed by atoms with Crippen molar-refractivity contribution in [2.45, 2.75) is 50.6 Å². The zero-order valence-electron chi connectivity index (χ0n) is 15.3. The second-order valence-corrected chi connectivity index (χ2v) is 8.44. The number of hydrogen-bond acceptors (Lipinski definition) is 7. The minimum Gasteiger partial charge on any atom is -0.454 e. The van der Waals surface area contributed by atoms with Gasteiger partial charge in [-0.2, -0.15) is 4.98 Å². The summed E-state index contributed by atoms with van der Waals surface area (Å²) in [5.41, 5.74) is 2.08. The van der Waals surface area contributed by atoms with Gasteiger partial charge in [-0.15, -0.1) is 11.8 Å². The van der Waals surface area contributed by atoms with Crippen LogP contribution in [0, 0.1) is 0 Å². The average molecular weight is 387 g/mol. The van der Waals surface area contributed by atoms with E-state index in [1.807, 2.05) is 31.2 Å². The quantitative estimate of drug-likeness (QED) is 0.729. The predicted octanol–water partition coefficient (Wildman–Crippen LogP) is 2.80. The molecular weight excluding hydrogens is 366 g/mol. The van der Waals surface area contributed by atoms with E-state index in [0.717, 1.165) is 18.4 Å². The molecule has 142 valence electrons. The molecule has 2 aliphatic rings. The number of nitrogens with zero attached hydrogens (tertiary/aromatic N) is 3. The highest BCUT2D eigenvalue weighted by molar-refractivity contribution is 8.01. The number of rotatable bonds is 5. The van der Waals surface area contributed by atoms with Crippen molar-refractivity contribution in [1.82, 2.24) is 15.0 Å². The van der Waals surface area contributed by atoms with Crippen molar-refractivity contribution in [3.05, 3.63) is 35.7 Å². The minimum absolute atomic E-state index is 0.0139. The summed E-state index contributed by atoms with van der Waals surface area (Å²) in [6.07, 6.45) is 2.22. The first-order valence-electron chi connectivity index (χ1n) is 9.05. The molecule has 0 N–H and O–H groups in total. The normalized spacial score (nSPS) is 24.3. The van der Waals surface area contributed by atoms with E-state index in [-0.39, 0.29) is 23.3 Å². The first-order chi connectivity index (χ1) is 13.0. The van der Waals surface area contributed by atoms with Gasteiger partial charge in [-0.05, 0) is 25.3 Å².